The maximum Gasteiger partial charge on any atom is 0.472 e. The molecule has 0 fully saturated rings. The summed E-state index contributed by atoms with van der Waals surface area (Å²) in [5.74, 6) is -0.191. The molecule has 0 aromatic carbocycles. The summed E-state index contributed by atoms with van der Waals surface area (Å²) in [6.45, 7) is 4.80. The van der Waals surface area contributed by atoms with E-state index in [2.05, 4.69) is 55.6 Å². The Bertz CT molecular complexity index is 1210. The van der Waals surface area contributed by atoms with Crippen LogP contribution in [0.2, 0.25) is 0 Å². The summed E-state index contributed by atoms with van der Waals surface area (Å²) in [6, 6.07) is -0.871. The van der Waals surface area contributed by atoms with Gasteiger partial charge in [0.05, 0.1) is 39.9 Å². The zero-order valence-electron chi connectivity index (χ0n) is 44.2. The lowest BCUT2D eigenvalue weighted by atomic mass is 10.0. The molecule has 0 aromatic rings. The predicted octanol–water partition coefficient (Wildman–Crippen LogP) is 16.8. The number of phosphoric acid groups is 1. The molecule has 0 saturated heterocycles. The van der Waals surface area contributed by atoms with Crippen LogP contribution in [-0.2, 0) is 18.4 Å². The third-order valence-corrected chi connectivity index (χ3v) is 13.5. The molecule has 0 spiro atoms. The third kappa shape index (κ3) is 50.3. The van der Waals surface area contributed by atoms with E-state index in [1.165, 1.54) is 193 Å². The number of rotatable bonds is 51. The molecule has 0 rings (SSSR count). The number of amides is 1. The van der Waals surface area contributed by atoms with Gasteiger partial charge < -0.3 is 19.8 Å². The fourth-order valence-corrected chi connectivity index (χ4v) is 8.81. The first-order valence-electron chi connectivity index (χ1n) is 28.0. The number of nitrogens with one attached hydrogen (secondary N) is 1. The molecular formula is C57H110N2O6P+. The van der Waals surface area contributed by atoms with Crippen LogP contribution in [-0.4, -0.2) is 73.4 Å². The molecule has 388 valence electrons. The minimum atomic E-state index is -4.36. The van der Waals surface area contributed by atoms with Gasteiger partial charge in [-0.2, -0.15) is 0 Å². The SMILES string of the molecule is CCCCCCCCCC/C=C/CC/C=C/CC/C=C/C(O)C(COP(=O)(O)OCC[N+](C)(C)C)NC(=O)CCCCCCCCCCCC/C=C\CCCCCCCCCCCCCC. The lowest BCUT2D eigenvalue weighted by Crippen LogP contribution is -2.45. The first-order valence-corrected chi connectivity index (χ1v) is 29.5. The number of nitrogens with zero attached hydrogens (tertiary/aromatic N) is 1. The van der Waals surface area contributed by atoms with Gasteiger partial charge in [-0.25, -0.2) is 4.57 Å². The summed E-state index contributed by atoms with van der Waals surface area (Å²) >= 11 is 0. The summed E-state index contributed by atoms with van der Waals surface area (Å²) in [5, 5.41) is 13.9. The van der Waals surface area contributed by atoms with Crippen molar-refractivity contribution in [3.63, 3.8) is 0 Å². The van der Waals surface area contributed by atoms with E-state index in [1.54, 1.807) is 6.08 Å². The second-order valence-corrected chi connectivity index (χ2v) is 21.7. The van der Waals surface area contributed by atoms with Crippen LogP contribution in [0.15, 0.2) is 48.6 Å². The smallest absolute Gasteiger partial charge is 0.387 e. The van der Waals surface area contributed by atoms with Crippen molar-refractivity contribution >= 4 is 13.7 Å². The maximum absolute atomic E-state index is 13.0. The van der Waals surface area contributed by atoms with Crippen molar-refractivity contribution in [2.75, 3.05) is 40.9 Å². The van der Waals surface area contributed by atoms with Crippen molar-refractivity contribution in [3.05, 3.63) is 48.6 Å². The summed E-state index contributed by atoms with van der Waals surface area (Å²) < 4.78 is 23.7. The van der Waals surface area contributed by atoms with Crippen molar-refractivity contribution in [2.45, 2.75) is 270 Å². The van der Waals surface area contributed by atoms with E-state index in [4.69, 9.17) is 9.05 Å². The average molecular weight is 950 g/mol. The molecule has 0 aromatic heterocycles. The van der Waals surface area contributed by atoms with Gasteiger partial charge in [-0.15, -0.1) is 0 Å². The molecule has 0 aliphatic carbocycles. The zero-order valence-corrected chi connectivity index (χ0v) is 45.1. The number of aliphatic hydroxyl groups is 1. The number of unbranched alkanes of at least 4 members (excludes halogenated alkanes) is 32. The Hall–Kier alpha value is -1.54. The topological polar surface area (TPSA) is 105 Å². The molecule has 8 nitrogen and oxygen atoms in total. The van der Waals surface area contributed by atoms with E-state index < -0.39 is 20.0 Å². The molecule has 0 heterocycles. The van der Waals surface area contributed by atoms with Gasteiger partial charge in [-0.1, -0.05) is 229 Å². The van der Waals surface area contributed by atoms with Crippen LogP contribution in [0.5, 0.6) is 0 Å². The van der Waals surface area contributed by atoms with Gasteiger partial charge in [0.15, 0.2) is 0 Å². The second kappa shape index (κ2) is 48.5. The lowest BCUT2D eigenvalue weighted by molar-refractivity contribution is -0.870. The molecule has 0 saturated carbocycles. The molecule has 3 N–H and O–H groups in total. The number of phosphoric ester groups is 1. The lowest BCUT2D eigenvalue weighted by Gasteiger charge is -2.25. The number of hydrogen-bond donors (Lipinski definition) is 3. The Balaban J connectivity index is 4.25. The highest BCUT2D eigenvalue weighted by Gasteiger charge is 2.27. The van der Waals surface area contributed by atoms with Crippen LogP contribution >= 0.6 is 7.82 Å². The van der Waals surface area contributed by atoms with Crippen molar-refractivity contribution in [1.82, 2.24) is 5.32 Å². The third-order valence-electron chi connectivity index (χ3n) is 12.5. The van der Waals surface area contributed by atoms with Crippen LogP contribution in [0.25, 0.3) is 0 Å². The number of hydrogen-bond acceptors (Lipinski definition) is 5. The monoisotopic (exact) mass is 950 g/mol. The Morgan fingerprint density at radius 2 is 0.833 bits per heavy atom. The van der Waals surface area contributed by atoms with Gasteiger partial charge >= 0.3 is 7.82 Å². The van der Waals surface area contributed by atoms with Crippen LogP contribution in [0.1, 0.15) is 258 Å². The van der Waals surface area contributed by atoms with Gasteiger partial charge in [0.2, 0.25) is 5.91 Å². The van der Waals surface area contributed by atoms with Crippen molar-refractivity contribution in [3.8, 4) is 0 Å². The summed E-state index contributed by atoms with van der Waals surface area (Å²) in [5.41, 5.74) is 0. The Kier molecular flexibility index (Phi) is 47.4. The molecule has 66 heavy (non-hydrogen) atoms. The van der Waals surface area contributed by atoms with Gasteiger partial charge in [0.1, 0.15) is 13.2 Å². The highest BCUT2D eigenvalue weighted by molar-refractivity contribution is 7.47. The number of carbonyl (C=O) groups is 1. The van der Waals surface area contributed by atoms with Crippen LogP contribution in [0, 0.1) is 0 Å². The second-order valence-electron chi connectivity index (χ2n) is 20.3. The predicted molar refractivity (Wildman–Crippen MR) is 286 cm³/mol. The number of allylic oxidation sites excluding steroid dienone is 7. The molecule has 3 atom stereocenters. The average Bonchev–Trinajstić information content (AvgIpc) is 3.28. The first kappa shape index (κ1) is 64.5. The Labute approximate surface area is 409 Å². The minimum absolute atomic E-state index is 0.0529. The van der Waals surface area contributed by atoms with Crippen molar-refractivity contribution < 1.29 is 32.9 Å². The van der Waals surface area contributed by atoms with Crippen molar-refractivity contribution in [1.29, 1.82) is 0 Å². The van der Waals surface area contributed by atoms with Crippen LogP contribution in [0.3, 0.4) is 0 Å². The molecule has 0 aliphatic rings. The summed E-state index contributed by atoms with van der Waals surface area (Å²) in [4.78, 5) is 23.3. The zero-order chi connectivity index (χ0) is 48.5. The molecule has 9 heteroatoms. The van der Waals surface area contributed by atoms with E-state index in [0.717, 1.165) is 44.9 Å². The normalized spacial score (nSPS) is 14.3. The molecule has 3 unspecified atom stereocenters. The van der Waals surface area contributed by atoms with E-state index in [0.29, 0.717) is 17.4 Å². The van der Waals surface area contributed by atoms with E-state index in [9.17, 15) is 19.4 Å². The van der Waals surface area contributed by atoms with Crippen LogP contribution < -0.4 is 5.32 Å². The van der Waals surface area contributed by atoms with Gasteiger partial charge in [0.25, 0.3) is 0 Å². The Morgan fingerprint density at radius 1 is 0.500 bits per heavy atom. The number of carbonyl (C=O) groups excluding carboxylic acids is 1. The number of aliphatic hydroxyl groups excluding tert-OH is 1. The fraction of sp³-hybridized carbons (Fsp3) is 0.842. The summed E-state index contributed by atoms with van der Waals surface area (Å²) in [6.07, 6.45) is 63.6. The minimum Gasteiger partial charge on any atom is -0.387 e. The van der Waals surface area contributed by atoms with Crippen LogP contribution in [0.4, 0.5) is 0 Å². The molecular weight excluding hydrogens is 840 g/mol. The first-order chi connectivity index (χ1) is 32.0. The standard InChI is InChI=1S/C57H109N2O6P/c1-6-8-10-12-14-16-18-20-22-24-26-27-28-29-30-31-32-33-35-37-39-41-43-45-47-49-51-57(61)58-55(54-65-66(62,63)64-53-52-59(3,4)5)56(60)50-48-46-44-42-40-38-36-34-25-23-21-19-17-15-13-11-9-7-2/h25,29-30,34,40,42,48,50,55-56,60H,6-24,26-28,31-33,35-39,41,43-47,49,51-54H2,1-5H3,(H-,58,61,62,63)/p+1/b30-29-,34-25+,42-40+,50-48+. The molecule has 0 bridgehead atoms. The van der Waals surface area contributed by atoms with E-state index >= 15 is 0 Å². The fourth-order valence-electron chi connectivity index (χ4n) is 8.07. The Morgan fingerprint density at radius 3 is 1.21 bits per heavy atom. The maximum atomic E-state index is 13.0. The van der Waals surface area contributed by atoms with Gasteiger partial charge in [-0.05, 0) is 70.6 Å². The largest absolute Gasteiger partial charge is 0.472 e. The number of likely N-dealkylation sites (N-methyl/N-ethyl adjacent to an activating group) is 1. The quantitative estimate of drug-likeness (QED) is 0.0243. The highest BCUT2D eigenvalue weighted by Crippen LogP contribution is 2.43. The summed E-state index contributed by atoms with van der Waals surface area (Å²) in [7, 11) is 1.55. The molecule has 0 radical (unpaired) electrons. The molecule has 0 aliphatic heterocycles. The van der Waals surface area contributed by atoms with Gasteiger partial charge in [0, 0.05) is 6.42 Å². The highest BCUT2D eigenvalue weighted by atomic mass is 31.2. The van der Waals surface area contributed by atoms with E-state index in [1.807, 2.05) is 27.2 Å². The van der Waals surface area contributed by atoms with Crippen molar-refractivity contribution in [2.24, 2.45) is 0 Å². The van der Waals surface area contributed by atoms with E-state index in [-0.39, 0.29) is 19.1 Å². The van der Waals surface area contributed by atoms with Gasteiger partial charge in [-0.3, -0.25) is 13.8 Å². The molecule has 1 amide bonds. The number of quaternary nitrogens is 1.